The van der Waals surface area contributed by atoms with Crippen LogP contribution in [0.15, 0.2) is 24.4 Å². The van der Waals surface area contributed by atoms with Crippen molar-refractivity contribution in [1.82, 2.24) is 20.1 Å². The molecule has 18 heavy (non-hydrogen) atoms. The van der Waals surface area contributed by atoms with E-state index in [-0.39, 0.29) is 0 Å². The van der Waals surface area contributed by atoms with Gasteiger partial charge in [0.15, 0.2) is 0 Å². The molecule has 1 N–H and O–H groups in total. The van der Waals surface area contributed by atoms with Gasteiger partial charge in [0.25, 0.3) is 0 Å². The number of aromatic nitrogens is 3. The number of nitrogens with zero attached hydrogens (tertiary/aromatic N) is 3. The summed E-state index contributed by atoms with van der Waals surface area (Å²) in [5.74, 6) is 0. The van der Waals surface area contributed by atoms with Crippen molar-refractivity contribution in [2.24, 2.45) is 7.05 Å². The Labute approximate surface area is 107 Å². The maximum Gasteiger partial charge on any atom is 0.114 e. The minimum atomic E-state index is 0.444. The summed E-state index contributed by atoms with van der Waals surface area (Å²) < 4.78 is 2.00. The molecule has 94 valence electrons. The molecule has 0 aliphatic carbocycles. The molecule has 0 saturated carbocycles. The zero-order valence-corrected chi connectivity index (χ0v) is 10.8. The van der Waals surface area contributed by atoms with Gasteiger partial charge in [-0.2, -0.15) is 5.10 Å². The van der Waals surface area contributed by atoms with Crippen LogP contribution in [-0.4, -0.2) is 21.3 Å². The third-order valence-electron chi connectivity index (χ3n) is 3.64. The second-order valence-corrected chi connectivity index (χ2v) is 4.85. The summed E-state index contributed by atoms with van der Waals surface area (Å²) >= 11 is 0. The van der Waals surface area contributed by atoms with E-state index in [1.54, 1.807) is 0 Å². The fourth-order valence-electron chi connectivity index (χ4n) is 2.79. The molecule has 2 aromatic rings. The smallest absolute Gasteiger partial charge is 0.114 e. The van der Waals surface area contributed by atoms with E-state index in [1.807, 2.05) is 36.1 Å². The number of hydrogen-bond acceptors (Lipinski definition) is 3. The average Bonchev–Trinajstić information content (AvgIpc) is 2.99. The quantitative estimate of drug-likeness (QED) is 0.878. The van der Waals surface area contributed by atoms with Crippen LogP contribution in [0.5, 0.6) is 0 Å². The van der Waals surface area contributed by atoms with E-state index >= 15 is 0 Å². The molecule has 1 atom stereocenters. The van der Waals surface area contributed by atoms with Crippen LogP contribution in [0.2, 0.25) is 0 Å². The van der Waals surface area contributed by atoms with E-state index in [0.717, 1.165) is 17.9 Å². The van der Waals surface area contributed by atoms with Crippen molar-refractivity contribution >= 4 is 0 Å². The Kier molecular flexibility index (Phi) is 2.88. The number of rotatable bonds is 2. The molecule has 0 amide bonds. The van der Waals surface area contributed by atoms with Gasteiger partial charge in [0.05, 0.1) is 11.4 Å². The van der Waals surface area contributed by atoms with Gasteiger partial charge in [-0.05, 0) is 38.4 Å². The lowest BCUT2D eigenvalue weighted by atomic mass is 10.1. The van der Waals surface area contributed by atoms with Gasteiger partial charge in [-0.25, -0.2) is 0 Å². The van der Waals surface area contributed by atoms with Gasteiger partial charge < -0.3 is 5.32 Å². The molecule has 1 fully saturated rings. The first-order valence-corrected chi connectivity index (χ1v) is 6.45. The van der Waals surface area contributed by atoms with E-state index < -0.39 is 0 Å². The summed E-state index contributed by atoms with van der Waals surface area (Å²) in [6, 6.07) is 6.40. The van der Waals surface area contributed by atoms with Crippen LogP contribution in [0.3, 0.4) is 0 Å². The van der Waals surface area contributed by atoms with Gasteiger partial charge in [0.2, 0.25) is 0 Å². The second kappa shape index (κ2) is 4.53. The fraction of sp³-hybridized carbons (Fsp3) is 0.429. The average molecular weight is 242 g/mol. The molecule has 4 nitrogen and oxygen atoms in total. The van der Waals surface area contributed by atoms with Crippen molar-refractivity contribution in [2.45, 2.75) is 25.8 Å². The van der Waals surface area contributed by atoms with Crippen molar-refractivity contribution in [3.05, 3.63) is 35.7 Å². The molecule has 1 unspecified atom stereocenters. The lowest BCUT2D eigenvalue weighted by Crippen LogP contribution is -2.17. The van der Waals surface area contributed by atoms with Crippen molar-refractivity contribution in [3.8, 4) is 11.4 Å². The maximum atomic E-state index is 4.64. The zero-order chi connectivity index (χ0) is 12.5. The largest absolute Gasteiger partial charge is 0.309 e. The van der Waals surface area contributed by atoms with Crippen molar-refractivity contribution < 1.29 is 0 Å². The Bertz CT molecular complexity index is 538. The summed E-state index contributed by atoms with van der Waals surface area (Å²) in [5.41, 5.74) is 4.50. The highest BCUT2D eigenvalue weighted by Gasteiger charge is 2.24. The summed E-state index contributed by atoms with van der Waals surface area (Å²) in [5, 5.41) is 8.18. The monoisotopic (exact) mass is 242 g/mol. The standard InChI is InChI=1S/C14H18N4/c1-10-13(11-6-3-4-8-15-11)17-18(2)14(10)12-7-5-9-16-12/h3-4,6,8,12,16H,5,7,9H2,1-2H3. The molecule has 2 aromatic heterocycles. The van der Waals surface area contributed by atoms with Crippen LogP contribution in [0.4, 0.5) is 0 Å². The SMILES string of the molecule is Cc1c(-c2ccccn2)nn(C)c1C1CCCN1. The number of hydrogen-bond donors (Lipinski definition) is 1. The molecule has 1 aliphatic rings. The first-order valence-electron chi connectivity index (χ1n) is 6.45. The Morgan fingerprint density at radius 3 is 2.94 bits per heavy atom. The molecule has 3 rings (SSSR count). The number of aryl methyl sites for hydroxylation is 1. The Morgan fingerprint density at radius 2 is 2.28 bits per heavy atom. The van der Waals surface area contributed by atoms with Gasteiger partial charge in [-0.1, -0.05) is 6.07 Å². The summed E-state index contributed by atoms with van der Waals surface area (Å²) in [6.07, 6.45) is 4.26. The Balaban J connectivity index is 2.05. The Hall–Kier alpha value is -1.68. The lowest BCUT2D eigenvalue weighted by molar-refractivity contribution is 0.571. The van der Waals surface area contributed by atoms with Crippen LogP contribution < -0.4 is 5.32 Å². The van der Waals surface area contributed by atoms with Crippen LogP contribution in [0.1, 0.15) is 30.1 Å². The van der Waals surface area contributed by atoms with Gasteiger partial charge in [-0.15, -0.1) is 0 Å². The molecular formula is C14H18N4. The molecule has 0 aromatic carbocycles. The first kappa shape index (κ1) is 11.4. The van der Waals surface area contributed by atoms with E-state index in [1.165, 1.54) is 24.1 Å². The highest BCUT2D eigenvalue weighted by atomic mass is 15.3. The van der Waals surface area contributed by atoms with Crippen molar-refractivity contribution in [1.29, 1.82) is 0 Å². The van der Waals surface area contributed by atoms with Gasteiger partial charge in [-0.3, -0.25) is 9.67 Å². The highest BCUT2D eigenvalue weighted by molar-refractivity contribution is 5.59. The third kappa shape index (κ3) is 1.82. The molecule has 0 bridgehead atoms. The molecule has 0 spiro atoms. The van der Waals surface area contributed by atoms with E-state index in [9.17, 15) is 0 Å². The topological polar surface area (TPSA) is 42.7 Å². The maximum absolute atomic E-state index is 4.64. The normalized spacial score (nSPS) is 19.3. The first-order chi connectivity index (χ1) is 8.77. The summed E-state index contributed by atoms with van der Waals surface area (Å²) in [4.78, 5) is 4.39. The second-order valence-electron chi connectivity index (χ2n) is 4.85. The fourth-order valence-corrected chi connectivity index (χ4v) is 2.79. The minimum absolute atomic E-state index is 0.444. The molecule has 0 radical (unpaired) electrons. The summed E-state index contributed by atoms with van der Waals surface area (Å²) in [7, 11) is 2.02. The van der Waals surface area contributed by atoms with Crippen molar-refractivity contribution in [2.75, 3.05) is 6.54 Å². The predicted molar refractivity (Wildman–Crippen MR) is 71.2 cm³/mol. The minimum Gasteiger partial charge on any atom is -0.309 e. The van der Waals surface area contributed by atoms with Crippen molar-refractivity contribution in [3.63, 3.8) is 0 Å². The van der Waals surface area contributed by atoms with E-state index in [0.29, 0.717) is 6.04 Å². The highest BCUT2D eigenvalue weighted by Crippen LogP contribution is 2.30. The van der Waals surface area contributed by atoms with Crippen LogP contribution >= 0.6 is 0 Å². The van der Waals surface area contributed by atoms with Crippen LogP contribution in [0.25, 0.3) is 11.4 Å². The number of nitrogens with one attached hydrogen (secondary N) is 1. The molecule has 1 aliphatic heterocycles. The van der Waals surface area contributed by atoms with Gasteiger partial charge in [0, 0.05) is 24.8 Å². The predicted octanol–water partition coefficient (Wildman–Crippen LogP) is 2.22. The van der Waals surface area contributed by atoms with Gasteiger partial charge >= 0.3 is 0 Å². The van der Waals surface area contributed by atoms with Crippen LogP contribution in [0, 0.1) is 6.92 Å². The molecule has 3 heterocycles. The Morgan fingerprint density at radius 1 is 1.39 bits per heavy atom. The summed E-state index contributed by atoms with van der Waals surface area (Å²) in [6.45, 7) is 3.25. The molecule has 1 saturated heterocycles. The van der Waals surface area contributed by atoms with E-state index in [2.05, 4.69) is 22.3 Å². The third-order valence-corrected chi connectivity index (χ3v) is 3.64. The van der Waals surface area contributed by atoms with E-state index in [4.69, 9.17) is 0 Å². The number of pyridine rings is 1. The zero-order valence-electron chi connectivity index (χ0n) is 10.8. The van der Waals surface area contributed by atoms with Gasteiger partial charge in [0.1, 0.15) is 5.69 Å². The van der Waals surface area contributed by atoms with Crippen LogP contribution in [-0.2, 0) is 7.05 Å². The molecule has 4 heteroatoms. The molecular weight excluding hydrogens is 224 g/mol. The lowest BCUT2D eigenvalue weighted by Gasteiger charge is -2.11.